The first-order valence-electron chi connectivity index (χ1n) is 7.04. The van der Waals surface area contributed by atoms with Gasteiger partial charge in [-0.15, -0.1) is 0 Å². The number of halogens is 2. The summed E-state index contributed by atoms with van der Waals surface area (Å²) in [5, 5.41) is 0. The van der Waals surface area contributed by atoms with Crippen molar-refractivity contribution in [1.82, 2.24) is 4.72 Å². The molecule has 1 fully saturated rings. The fourth-order valence-corrected chi connectivity index (χ4v) is 4.78. The van der Waals surface area contributed by atoms with Gasteiger partial charge in [-0.3, -0.25) is 0 Å². The van der Waals surface area contributed by atoms with Crippen LogP contribution in [0.4, 0.5) is 10.1 Å². The molecular formula is C14H20BrFN2O2S. The van der Waals surface area contributed by atoms with Crippen LogP contribution >= 0.6 is 15.9 Å². The van der Waals surface area contributed by atoms with Crippen LogP contribution in [-0.4, -0.2) is 15.0 Å². The molecule has 0 aromatic heterocycles. The van der Waals surface area contributed by atoms with Crippen LogP contribution in [0, 0.1) is 11.2 Å². The molecule has 0 saturated heterocycles. The van der Waals surface area contributed by atoms with Crippen LogP contribution in [0.1, 0.15) is 39.0 Å². The van der Waals surface area contributed by atoms with Gasteiger partial charge in [0.2, 0.25) is 10.0 Å². The minimum absolute atomic E-state index is 0.00109. The molecule has 118 valence electrons. The Balaban J connectivity index is 2.23. The zero-order valence-electron chi connectivity index (χ0n) is 12.0. The molecule has 1 aromatic rings. The number of nitrogens with two attached hydrogens (primary N) is 1. The predicted molar refractivity (Wildman–Crippen MR) is 84.9 cm³/mol. The van der Waals surface area contributed by atoms with Crippen molar-refractivity contribution in [1.29, 1.82) is 0 Å². The van der Waals surface area contributed by atoms with Crippen LogP contribution in [0.15, 0.2) is 21.5 Å². The van der Waals surface area contributed by atoms with E-state index in [-0.39, 0.29) is 15.6 Å². The van der Waals surface area contributed by atoms with Gasteiger partial charge in [-0.2, -0.15) is 0 Å². The zero-order valence-corrected chi connectivity index (χ0v) is 14.4. The molecule has 7 heteroatoms. The van der Waals surface area contributed by atoms with E-state index in [4.69, 9.17) is 5.73 Å². The highest BCUT2D eigenvalue weighted by Gasteiger charge is 2.34. The van der Waals surface area contributed by atoms with Gasteiger partial charge in [0.1, 0.15) is 4.90 Å². The van der Waals surface area contributed by atoms with Crippen molar-refractivity contribution >= 4 is 31.6 Å². The number of sulfonamides is 1. The molecule has 0 spiro atoms. The van der Waals surface area contributed by atoms with Crippen LogP contribution in [0.3, 0.4) is 0 Å². The van der Waals surface area contributed by atoms with Crippen molar-refractivity contribution in [3.63, 3.8) is 0 Å². The summed E-state index contributed by atoms with van der Waals surface area (Å²) < 4.78 is 41.3. The van der Waals surface area contributed by atoms with Crippen LogP contribution in [-0.2, 0) is 10.0 Å². The van der Waals surface area contributed by atoms with Crippen molar-refractivity contribution in [2.75, 3.05) is 12.3 Å². The Kier molecular flexibility index (Phi) is 4.95. The summed E-state index contributed by atoms with van der Waals surface area (Å²) in [5.41, 5.74) is 5.81. The molecule has 0 bridgehead atoms. The molecular weight excluding hydrogens is 359 g/mol. The fourth-order valence-electron chi connectivity index (χ4n) is 2.89. The summed E-state index contributed by atoms with van der Waals surface area (Å²) >= 11 is 2.98. The van der Waals surface area contributed by atoms with Gasteiger partial charge in [-0.25, -0.2) is 17.5 Å². The molecule has 1 aliphatic rings. The van der Waals surface area contributed by atoms with Crippen LogP contribution < -0.4 is 10.5 Å². The van der Waals surface area contributed by atoms with Crippen molar-refractivity contribution in [3.8, 4) is 0 Å². The Morgan fingerprint density at radius 3 is 2.57 bits per heavy atom. The minimum Gasteiger partial charge on any atom is -0.399 e. The van der Waals surface area contributed by atoms with E-state index in [9.17, 15) is 12.8 Å². The molecule has 4 nitrogen and oxygen atoms in total. The second-order valence-corrected chi connectivity index (χ2v) is 8.29. The number of hydrogen-bond donors (Lipinski definition) is 2. The quantitative estimate of drug-likeness (QED) is 0.770. The highest BCUT2D eigenvalue weighted by atomic mass is 79.9. The second kappa shape index (κ2) is 6.22. The standard InChI is InChI=1S/C14H20BrFN2O2S/c1-2-14(5-3-4-6-14)9-18-21(19,20)12-8-10(17)7-11(15)13(12)16/h7-8,18H,2-6,9,17H2,1H3. The summed E-state index contributed by atoms with van der Waals surface area (Å²) in [4.78, 5) is -0.404. The normalized spacial score (nSPS) is 18.0. The lowest BCUT2D eigenvalue weighted by atomic mass is 9.84. The van der Waals surface area contributed by atoms with Crippen molar-refractivity contribution in [3.05, 3.63) is 22.4 Å². The Morgan fingerprint density at radius 2 is 2.00 bits per heavy atom. The monoisotopic (exact) mass is 378 g/mol. The summed E-state index contributed by atoms with van der Waals surface area (Å²) in [7, 11) is -3.91. The number of hydrogen-bond acceptors (Lipinski definition) is 3. The number of nitrogen functional groups attached to an aromatic ring is 1. The molecule has 0 aliphatic heterocycles. The predicted octanol–water partition coefficient (Wildman–Crippen LogP) is 3.42. The average molecular weight is 379 g/mol. The van der Waals surface area contributed by atoms with Gasteiger partial charge in [0.25, 0.3) is 0 Å². The first kappa shape index (κ1) is 16.7. The van der Waals surface area contributed by atoms with E-state index >= 15 is 0 Å². The van der Waals surface area contributed by atoms with Gasteiger partial charge in [-0.05, 0) is 52.7 Å². The van der Waals surface area contributed by atoms with E-state index in [1.165, 1.54) is 6.07 Å². The lowest BCUT2D eigenvalue weighted by Gasteiger charge is -2.27. The third-order valence-corrected chi connectivity index (χ3v) is 6.34. The molecule has 2 rings (SSSR count). The van der Waals surface area contributed by atoms with Gasteiger partial charge < -0.3 is 5.73 Å². The van der Waals surface area contributed by atoms with Gasteiger partial charge >= 0.3 is 0 Å². The lowest BCUT2D eigenvalue weighted by molar-refractivity contribution is 0.285. The molecule has 3 N–H and O–H groups in total. The largest absolute Gasteiger partial charge is 0.399 e. The fraction of sp³-hybridized carbons (Fsp3) is 0.571. The summed E-state index contributed by atoms with van der Waals surface area (Å²) in [5.74, 6) is -0.811. The molecule has 1 saturated carbocycles. The van der Waals surface area contributed by atoms with Crippen molar-refractivity contribution < 1.29 is 12.8 Å². The van der Waals surface area contributed by atoms with Crippen LogP contribution in [0.2, 0.25) is 0 Å². The number of benzene rings is 1. The highest BCUT2D eigenvalue weighted by Crippen LogP contribution is 2.40. The van der Waals surface area contributed by atoms with E-state index in [0.717, 1.165) is 38.2 Å². The summed E-state index contributed by atoms with van der Waals surface area (Å²) in [6.07, 6.45) is 5.17. The lowest BCUT2D eigenvalue weighted by Crippen LogP contribution is -2.36. The maximum atomic E-state index is 14.0. The molecule has 0 amide bonds. The first-order valence-corrected chi connectivity index (χ1v) is 9.31. The van der Waals surface area contributed by atoms with E-state index in [0.29, 0.717) is 6.54 Å². The third kappa shape index (κ3) is 3.57. The van der Waals surface area contributed by atoms with Gasteiger partial charge in [0, 0.05) is 12.2 Å². The zero-order chi connectivity index (χ0) is 15.7. The molecule has 1 aliphatic carbocycles. The van der Waals surface area contributed by atoms with Gasteiger partial charge in [0.15, 0.2) is 5.82 Å². The van der Waals surface area contributed by atoms with Crippen molar-refractivity contribution in [2.24, 2.45) is 5.41 Å². The molecule has 1 aromatic carbocycles. The Morgan fingerprint density at radius 1 is 1.38 bits per heavy atom. The molecule has 0 heterocycles. The first-order chi connectivity index (χ1) is 9.80. The molecule has 0 atom stereocenters. The Labute approximate surface area is 133 Å². The third-order valence-electron chi connectivity index (χ3n) is 4.36. The van der Waals surface area contributed by atoms with Crippen LogP contribution in [0.5, 0.6) is 0 Å². The Hall–Kier alpha value is -0.660. The second-order valence-electron chi connectivity index (χ2n) is 5.70. The summed E-state index contributed by atoms with van der Waals surface area (Å²) in [6, 6.07) is 2.49. The maximum Gasteiger partial charge on any atom is 0.243 e. The minimum atomic E-state index is -3.91. The van der Waals surface area contributed by atoms with Crippen LogP contribution in [0.25, 0.3) is 0 Å². The maximum absolute atomic E-state index is 14.0. The van der Waals surface area contributed by atoms with E-state index in [1.54, 1.807) is 0 Å². The average Bonchev–Trinajstić information content (AvgIpc) is 2.90. The number of nitrogens with one attached hydrogen (secondary N) is 1. The van der Waals surface area contributed by atoms with Gasteiger partial charge in [0.05, 0.1) is 4.47 Å². The molecule has 0 radical (unpaired) electrons. The Bertz CT molecular complexity index is 628. The number of anilines is 1. The molecule has 0 unspecified atom stereocenters. The smallest absolute Gasteiger partial charge is 0.243 e. The van der Waals surface area contributed by atoms with E-state index in [1.807, 2.05) is 0 Å². The van der Waals surface area contributed by atoms with E-state index in [2.05, 4.69) is 27.6 Å². The summed E-state index contributed by atoms with van der Waals surface area (Å²) in [6.45, 7) is 2.41. The molecule has 21 heavy (non-hydrogen) atoms. The SMILES string of the molecule is CCC1(CNS(=O)(=O)c2cc(N)cc(Br)c2F)CCCC1. The highest BCUT2D eigenvalue weighted by molar-refractivity contribution is 9.10. The topological polar surface area (TPSA) is 72.2 Å². The number of rotatable bonds is 5. The van der Waals surface area contributed by atoms with Crippen molar-refractivity contribution in [2.45, 2.75) is 43.9 Å². The van der Waals surface area contributed by atoms with Gasteiger partial charge in [-0.1, -0.05) is 19.8 Å². The van der Waals surface area contributed by atoms with E-state index < -0.39 is 20.7 Å².